The van der Waals surface area contributed by atoms with E-state index >= 15 is 0 Å². The Morgan fingerprint density at radius 1 is 0.939 bits per heavy atom. The van der Waals surface area contributed by atoms with Crippen molar-refractivity contribution < 1.29 is 19.5 Å². The molecule has 33 heavy (non-hydrogen) atoms. The highest BCUT2D eigenvalue weighted by molar-refractivity contribution is 5.93. The van der Waals surface area contributed by atoms with E-state index in [1.807, 2.05) is 30.0 Å². The summed E-state index contributed by atoms with van der Waals surface area (Å²) in [7, 11) is 0. The number of carbonyl (C=O) groups is 3. The maximum atomic E-state index is 12.5. The van der Waals surface area contributed by atoms with E-state index in [-0.39, 0.29) is 24.5 Å². The van der Waals surface area contributed by atoms with Gasteiger partial charge in [-0.2, -0.15) is 0 Å². The smallest absolute Gasteiger partial charge is 0.303 e. The molecule has 6 nitrogen and oxygen atoms in total. The molecule has 178 valence electrons. The molecule has 0 aromatic heterocycles. The van der Waals surface area contributed by atoms with Gasteiger partial charge in [-0.15, -0.1) is 0 Å². The molecular weight excluding hydrogens is 416 g/mol. The number of ketones is 1. The molecule has 1 amide bonds. The molecule has 1 fully saturated rings. The first-order valence-electron chi connectivity index (χ1n) is 11.7. The summed E-state index contributed by atoms with van der Waals surface area (Å²) in [6.45, 7) is 6.57. The maximum absolute atomic E-state index is 12.5. The first-order valence-corrected chi connectivity index (χ1v) is 11.7. The van der Waals surface area contributed by atoms with Crippen molar-refractivity contribution in [1.82, 2.24) is 4.90 Å². The highest BCUT2D eigenvalue weighted by Gasteiger charge is 2.28. The van der Waals surface area contributed by atoms with Gasteiger partial charge in [-0.05, 0) is 43.9 Å². The molecule has 0 bridgehead atoms. The highest BCUT2D eigenvalue weighted by atomic mass is 16.4. The zero-order valence-corrected chi connectivity index (χ0v) is 19.8. The molecule has 6 heteroatoms. The van der Waals surface area contributed by atoms with E-state index < -0.39 is 5.97 Å². The van der Waals surface area contributed by atoms with Crippen molar-refractivity contribution >= 4 is 23.3 Å². The van der Waals surface area contributed by atoms with Crippen molar-refractivity contribution in [2.45, 2.75) is 58.4 Å². The first kappa shape index (κ1) is 26.3. The van der Waals surface area contributed by atoms with E-state index in [2.05, 4.69) is 47.4 Å². The fraction of sp³-hybridized carbons (Fsp3) is 0.444. The third-order valence-electron chi connectivity index (χ3n) is 5.78. The summed E-state index contributed by atoms with van der Waals surface area (Å²) in [4.78, 5) is 36.9. The van der Waals surface area contributed by atoms with Gasteiger partial charge in [0.1, 0.15) is 5.78 Å². The maximum Gasteiger partial charge on any atom is 0.303 e. The van der Waals surface area contributed by atoms with Crippen molar-refractivity contribution in [3.63, 3.8) is 0 Å². The van der Waals surface area contributed by atoms with Crippen LogP contribution in [0.2, 0.25) is 0 Å². The highest BCUT2D eigenvalue weighted by Crippen LogP contribution is 2.24. The van der Waals surface area contributed by atoms with Crippen molar-refractivity contribution in [2.24, 2.45) is 0 Å². The van der Waals surface area contributed by atoms with Gasteiger partial charge in [0.2, 0.25) is 5.91 Å². The largest absolute Gasteiger partial charge is 0.481 e. The topological polar surface area (TPSA) is 77.9 Å². The summed E-state index contributed by atoms with van der Waals surface area (Å²) >= 11 is 0. The number of benzene rings is 2. The SMILES string of the molecule is CC(=O)CCC(=O)O.CCC(=O)N(c1ccccc1)C1CCN(CCc2ccccc2)CC1. The third-order valence-corrected chi connectivity index (χ3v) is 5.78. The molecule has 1 heterocycles. The molecule has 2 aromatic rings. The number of para-hydroxylation sites is 1. The predicted octanol–water partition coefficient (Wildman–Crippen LogP) is 4.58. The fourth-order valence-corrected chi connectivity index (χ4v) is 3.93. The van der Waals surface area contributed by atoms with Crippen LogP contribution in [-0.2, 0) is 20.8 Å². The predicted molar refractivity (Wildman–Crippen MR) is 131 cm³/mol. The van der Waals surface area contributed by atoms with Gasteiger partial charge in [-0.25, -0.2) is 0 Å². The second-order valence-electron chi connectivity index (χ2n) is 8.36. The van der Waals surface area contributed by atoms with E-state index in [4.69, 9.17) is 5.11 Å². The van der Waals surface area contributed by atoms with Crippen LogP contribution in [0.25, 0.3) is 0 Å². The van der Waals surface area contributed by atoms with Gasteiger partial charge in [0.15, 0.2) is 0 Å². The number of hydrogen-bond acceptors (Lipinski definition) is 4. The van der Waals surface area contributed by atoms with Gasteiger partial charge < -0.3 is 19.7 Å². The van der Waals surface area contributed by atoms with Crippen molar-refractivity contribution in [1.29, 1.82) is 0 Å². The average Bonchev–Trinajstić information content (AvgIpc) is 2.84. The van der Waals surface area contributed by atoms with Crippen LogP contribution in [0.1, 0.15) is 51.5 Å². The Bertz CT molecular complexity index is 848. The summed E-state index contributed by atoms with van der Waals surface area (Å²) in [5.41, 5.74) is 2.44. The van der Waals surface area contributed by atoms with E-state index in [9.17, 15) is 14.4 Å². The Morgan fingerprint density at radius 3 is 2.00 bits per heavy atom. The van der Waals surface area contributed by atoms with Crippen LogP contribution < -0.4 is 4.90 Å². The first-order chi connectivity index (χ1) is 15.9. The van der Waals surface area contributed by atoms with Crippen LogP contribution in [0.3, 0.4) is 0 Å². The molecule has 0 radical (unpaired) electrons. The lowest BCUT2D eigenvalue weighted by Crippen LogP contribution is -2.47. The standard InChI is InChI=1S/C22H28N2O.C5H8O3/c1-2-22(25)24(20-11-7-4-8-12-20)21-14-17-23(18-15-21)16-13-19-9-5-3-6-10-19;1-4(6)2-3-5(7)8/h3-12,21H,2,13-18H2,1H3;2-3H2,1H3,(H,7,8). The van der Waals surface area contributed by atoms with Crippen molar-refractivity contribution in [3.05, 3.63) is 66.2 Å². The number of amides is 1. The number of hydrogen-bond donors (Lipinski definition) is 1. The van der Waals surface area contributed by atoms with Crippen LogP contribution in [0.5, 0.6) is 0 Å². The molecule has 0 saturated carbocycles. The van der Waals surface area contributed by atoms with Crippen LogP contribution in [-0.4, -0.2) is 53.3 Å². The molecule has 3 rings (SSSR count). The number of likely N-dealkylation sites (tertiary alicyclic amines) is 1. The minimum Gasteiger partial charge on any atom is -0.481 e. The monoisotopic (exact) mass is 452 g/mol. The summed E-state index contributed by atoms with van der Waals surface area (Å²) in [5.74, 6) is -0.762. The number of anilines is 1. The zero-order chi connectivity index (χ0) is 24.1. The van der Waals surface area contributed by atoms with Gasteiger partial charge in [0, 0.05) is 44.2 Å². The Labute approximate surface area is 197 Å². The van der Waals surface area contributed by atoms with Crippen LogP contribution in [0.15, 0.2) is 60.7 Å². The second-order valence-corrected chi connectivity index (χ2v) is 8.36. The van der Waals surface area contributed by atoms with Crippen molar-refractivity contribution in [2.75, 3.05) is 24.5 Å². The van der Waals surface area contributed by atoms with E-state index in [0.717, 1.165) is 44.6 Å². The summed E-state index contributed by atoms with van der Waals surface area (Å²) in [5, 5.41) is 8.01. The average molecular weight is 453 g/mol. The molecule has 0 aliphatic carbocycles. The number of carbonyl (C=O) groups excluding carboxylic acids is 2. The van der Waals surface area contributed by atoms with Gasteiger partial charge in [-0.1, -0.05) is 55.5 Å². The lowest BCUT2D eigenvalue weighted by Gasteiger charge is -2.38. The van der Waals surface area contributed by atoms with Gasteiger partial charge in [0.25, 0.3) is 0 Å². The molecule has 0 unspecified atom stereocenters. The quantitative estimate of drug-likeness (QED) is 0.603. The summed E-state index contributed by atoms with van der Waals surface area (Å²) in [6.07, 6.45) is 3.86. The Balaban J connectivity index is 0.000000414. The van der Waals surface area contributed by atoms with E-state index in [1.54, 1.807) is 0 Å². The Morgan fingerprint density at radius 2 is 1.52 bits per heavy atom. The number of rotatable bonds is 9. The molecule has 1 aliphatic heterocycles. The van der Waals surface area contributed by atoms with Crippen LogP contribution >= 0.6 is 0 Å². The molecule has 0 atom stereocenters. The van der Waals surface area contributed by atoms with Gasteiger partial charge >= 0.3 is 5.97 Å². The molecule has 2 aromatic carbocycles. The van der Waals surface area contributed by atoms with Crippen LogP contribution in [0, 0.1) is 0 Å². The molecule has 1 saturated heterocycles. The van der Waals surface area contributed by atoms with Crippen LogP contribution in [0.4, 0.5) is 5.69 Å². The number of carboxylic acids is 1. The number of nitrogens with zero attached hydrogens (tertiary/aromatic N) is 2. The molecular formula is C27H36N2O4. The summed E-state index contributed by atoms with van der Waals surface area (Å²) in [6, 6.07) is 21.1. The number of Topliss-reactive ketones (excluding diaryl/α,β-unsaturated/α-hetero) is 1. The summed E-state index contributed by atoms with van der Waals surface area (Å²) < 4.78 is 0. The van der Waals surface area contributed by atoms with Gasteiger partial charge in [-0.3, -0.25) is 9.59 Å². The molecule has 1 aliphatic rings. The van der Waals surface area contributed by atoms with Gasteiger partial charge in [0.05, 0.1) is 6.42 Å². The molecule has 1 N–H and O–H groups in total. The molecule has 0 spiro atoms. The fourth-order valence-electron chi connectivity index (χ4n) is 3.93. The number of carboxylic acid groups (broad SMARTS) is 1. The van der Waals surface area contributed by atoms with E-state index in [0.29, 0.717) is 12.5 Å². The minimum atomic E-state index is -0.916. The van der Waals surface area contributed by atoms with E-state index in [1.165, 1.54) is 12.5 Å². The van der Waals surface area contributed by atoms with Crippen molar-refractivity contribution in [3.8, 4) is 0 Å². The Kier molecular flexibility index (Phi) is 11.3. The second kappa shape index (κ2) is 14.2. The third kappa shape index (κ3) is 9.58. The normalized spacial score (nSPS) is 14.1. The minimum absolute atomic E-state index is 0.0463. The number of aliphatic carboxylic acids is 1. The zero-order valence-electron chi connectivity index (χ0n) is 19.8. The Hall–Kier alpha value is -2.99. The number of piperidine rings is 1. The lowest BCUT2D eigenvalue weighted by atomic mass is 10.0. The lowest BCUT2D eigenvalue weighted by molar-refractivity contribution is -0.138.